The van der Waals surface area contributed by atoms with E-state index in [0.29, 0.717) is 12.2 Å². The molecule has 112 valence electrons. The number of amides is 1. The number of rotatable bonds is 4. The quantitative estimate of drug-likeness (QED) is 0.720. The Kier molecular flexibility index (Phi) is 3.57. The van der Waals surface area contributed by atoms with Crippen molar-refractivity contribution in [3.63, 3.8) is 0 Å². The third-order valence-corrected chi connectivity index (χ3v) is 3.21. The fourth-order valence-corrected chi connectivity index (χ4v) is 2.08. The summed E-state index contributed by atoms with van der Waals surface area (Å²) in [7, 11) is 1.61. The van der Waals surface area contributed by atoms with E-state index in [4.69, 9.17) is 0 Å². The molecule has 0 atom stereocenters. The highest BCUT2D eigenvalue weighted by Crippen LogP contribution is 2.08. The van der Waals surface area contributed by atoms with Crippen molar-refractivity contribution in [1.29, 1.82) is 0 Å². The van der Waals surface area contributed by atoms with Crippen molar-refractivity contribution in [3.8, 4) is 5.69 Å². The number of aromatic nitrogens is 5. The summed E-state index contributed by atoms with van der Waals surface area (Å²) in [4.78, 5) is 27.1. The molecule has 8 nitrogen and oxygen atoms in total. The minimum Gasteiger partial charge on any atom is -0.347 e. The minimum atomic E-state index is -0.304. The van der Waals surface area contributed by atoms with Gasteiger partial charge in [0.15, 0.2) is 0 Å². The molecule has 0 unspecified atom stereocenters. The molecule has 0 spiro atoms. The van der Waals surface area contributed by atoms with Crippen molar-refractivity contribution < 1.29 is 4.79 Å². The molecule has 0 saturated carbocycles. The summed E-state index contributed by atoms with van der Waals surface area (Å²) in [6, 6.07) is 8.84. The molecule has 0 aliphatic rings. The number of hydrogen-bond acceptors (Lipinski definition) is 4. The number of nitrogens with zero attached hydrogens (tertiary/aromatic N) is 4. The van der Waals surface area contributed by atoms with Gasteiger partial charge >= 0.3 is 0 Å². The normalized spacial score (nSPS) is 10.6. The van der Waals surface area contributed by atoms with E-state index >= 15 is 0 Å². The van der Waals surface area contributed by atoms with Crippen LogP contribution in [0.2, 0.25) is 0 Å². The average Bonchev–Trinajstić information content (AvgIpc) is 3.15. The second kappa shape index (κ2) is 5.68. The summed E-state index contributed by atoms with van der Waals surface area (Å²) < 4.78 is 3.05. The van der Waals surface area contributed by atoms with Crippen LogP contribution in [-0.4, -0.2) is 30.5 Å². The van der Waals surface area contributed by atoms with Crippen LogP contribution in [0.5, 0.6) is 0 Å². The standard InChI is InChI=1S/C14H14N6O2/c1-19-12(6-13(21)18-19)14(22)16-7-10-2-4-11(5-3-10)20-9-15-8-17-20/h2-6,8-9H,7H2,1H3,(H,16,22)(H,18,21). The van der Waals surface area contributed by atoms with Crippen molar-refractivity contribution in [2.75, 3.05) is 0 Å². The van der Waals surface area contributed by atoms with Gasteiger partial charge in [-0.05, 0) is 17.7 Å². The number of hydrogen-bond donors (Lipinski definition) is 2. The van der Waals surface area contributed by atoms with E-state index in [2.05, 4.69) is 20.5 Å². The lowest BCUT2D eigenvalue weighted by Gasteiger charge is -2.07. The van der Waals surface area contributed by atoms with Crippen LogP contribution < -0.4 is 10.9 Å². The van der Waals surface area contributed by atoms with Gasteiger partial charge in [-0.2, -0.15) is 5.10 Å². The van der Waals surface area contributed by atoms with Crippen LogP contribution in [0.25, 0.3) is 5.69 Å². The molecule has 0 bridgehead atoms. The van der Waals surface area contributed by atoms with Crippen molar-refractivity contribution in [2.24, 2.45) is 7.05 Å². The number of aromatic amines is 1. The molecule has 2 heterocycles. The molecule has 0 aliphatic carbocycles. The first-order valence-corrected chi connectivity index (χ1v) is 6.61. The number of benzene rings is 1. The van der Waals surface area contributed by atoms with Gasteiger partial charge in [-0.25, -0.2) is 9.67 Å². The van der Waals surface area contributed by atoms with Gasteiger partial charge in [0, 0.05) is 19.7 Å². The number of H-pyrrole nitrogens is 1. The van der Waals surface area contributed by atoms with Gasteiger partial charge < -0.3 is 5.32 Å². The summed E-state index contributed by atoms with van der Waals surface area (Å²) in [5, 5.41) is 9.31. The first kappa shape index (κ1) is 13.8. The van der Waals surface area contributed by atoms with Crippen LogP contribution in [0.1, 0.15) is 16.1 Å². The summed E-state index contributed by atoms with van der Waals surface area (Å²) in [5.41, 5.74) is 1.83. The fraction of sp³-hybridized carbons (Fsp3) is 0.143. The third kappa shape index (κ3) is 2.80. The largest absolute Gasteiger partial charge is 0.347 e. The van der Waals surface area contributed by atoms with Crippen molar-refractivity contribution in [1.82, 2.24) is 29.9 Å². The lowest BCUT2D eigenvalue weighted by molar-refractivity contribution is 0.0941. The Morgan fingerprint density at radius 2 is 2.09 bits per heavy atom. The van der Waals surface area contributed by atoms with Gasteiger partial charge in [-0.15, -0.1) is 0 Å². The maximum absolute atomic E-state index is 12.0. The Morgan fingerprint density at radius 3 is 2.68 bits per heavy atom. The molecule has 3 aromatic rings. The highest BCUT2D eigenvalue weighted by atomic mass is 16.2. The Labute approximate surface area is 125 Å². The highest BCUT2D eigenvalue weighted by Gasteiger charge is 2.10. The number of carbonyl (C=O) groups is 1. The first-order valence-electron chi connectivity index (χ1n) is 6.61. The monoisotopic (exact) mass is 298 g/mol. The summed E-state index contributed by atoms with van der Waals surface area (Å²) in [5.74, 6) is -0.304. The Bertz CT molecular complexity index is 829. The maximum atomic E-state index is 12.0. The Balaban J connectivity index is 1.65. The van der Waals surface area contributed by atoms with Crippen LogP contribution in [-0.2, 0) is 13.6 Å². The predicted molar refractivity (Wildman–Crippen MR) is 78.6 cm³/mol. The van der Waals surface area contributed by atoms with Gasteiger partial charge in [-0.3, -0.25) is 19.4 Å². The van der Waals surface area contributed by atoms with Gasteiger partial charge in [-0.1, -0.05) is 12.1 Å². The summed E-state index contributed by atoms with van der Waals surface area (Å²) in [6.45, 7) is 0.371. The predicted octanol–water partition coefficient (Wildman–Crippen LogP) is 0.224. The first-order chi connectivity index (χ1) is 10.6. The van der Waals surface area contributed by atoms with E-state index in [1.807, 2.05) is 24.3 Å². The molecule has 1 aromatic carbocycles. The summed E-state index contributed by atoms with van der Waals surface area (Å²) in [6.07, 6.45) is 3.08. The SMILES string of the molecule is Cn1[nH]c(=O)cc1C(=O)NCc1ccc(-n2cncn2)cc1. The molecule has 0 saturated heterocycles. The molecule has 1 amide bonds. The van der Waals surface area contributed by atoms with E-state index in [1.165, 1.54) is 17.1 Å². The van der Waals surface area contributed by atoms with Gasteiger partial charge in [0.2, 0.25) is 0 Å². The van der Waals surface area contributed by atoms with E-state index < -0.39 is 0 Å². The Hall–Kier alpha value is -3.16. The molecule has 3 rings (SSSR count). The van der Waals surface area contributed by atoms with Crippen molar-refractivity contribution >= 4 is 5.91 Å². The van der Waals surface area contributed by atoms with E-state index in [0.717, 1.165) is 11.3 Å². The number of carbonyl (C=O) groups excluding carboxylic acids is 1. The number of nitrogens with one attached hydrogen (secondary N) is 2. The smallest absolute Gasteiger partial charge is 0.269 e. The molecular formula is C14H14N6O2. The molecule has 0 fully saturated rings. The lowest BCUT2D eigenvalue weighted by Crippen LogP contribution is -2.25. The second-order valence-electron chi connectivity index (χ2n) is 4.75. The Morgan fingerprint density at radius 1 is 1.32 bits per heavy atom. The van der Waals surface area contributed by atoms with Crippen LogP contribution in [0.15, 0.2) is 47.8 Å². The van der Waals surface area contributed by atoms with Crippen molar-refractivity contribution in [3.05, 3.63) is 64.6 Å². The zero-order valence-corrected chi connectivity index (χ0v) is 11.9. The lowest BCUT2D eigenvalue weighted by atomic mass is 10.2. The average molecular weight is 298 g/mol. The second-order valence-corrected chi connectivity index (χ2v) is 4.75. The van der Waals surface area contributed by atoms with Crippen LogP contribution in [0.3, 0.4) is 0 Å². The topological polar surface area (TPSA) is 97.6 Å². The zero-order valence-electron chi connectivity index (χ0n) is 11.9. The van der Waals surface area contributed by atoms with Crippen LogP contribution in [0.4, 0.5) is 0 Å². The molecule has 22 heavy (non-hydrogen) atoms. The molecular weight excluding hydrogens is 284 g/mol. The summed E-state index contributed by atoms with van der Waals surface area (Å²) >= 11 is 0. The molecule has 0 radical (unpaired) electrons. The minimum absolute atomic E-state index is 0.296. The molecule has 8 heteroatoms. The van der Waals surface area contributed by atoms with Gasteiger partial charge in [0.1, 0.15) is 18.3 Å². The zero-order chi connectivity index (χ0) is 15.5. The van der Waals surface area contributed by atoms with E-state index in [-0.39, 0.29) is 11.5 Å². The fourth-order valence-electron chi connectivity index (χ4n) is 2.08. The molecule has 0 aliphatic heterocycles. The van der Waals surface area contributed by atoms with Crippen LogP contribution >= 0.6 is 0 Å². The van der Waals surface area contributed by atoms with E-state index in [1.54, 1.807) is 18.1 Å². The van der Waals surface area contributed by atoms with Crippen molar-refractivity contribution in [2.45, 2.75) is 6.54 Å². The van der Waals surface area contributed by atoms with Gasteiger partial charge in [0.05, 0.1) is 5.69 Å². The molecule has 2 N–H and O–H groups in total. The number of aryl methyl sites for hydroxylation is 1. The highest BCUT2D eigenvalue weighted by molar-refractivity contribution is 5.92. The maximum Gasteiger partial charge on any atom is 0.269 e. The van der Waals surface area contributed by atoms with Crippen LogP contribution in [0, 0.1) is 0 Å². The van der Waals surface area contributed by atoms with E-state index in [9.17, 15) is 9.59 Å². The van der Waals surface area contributed by atoms with Gasteiger partial charge in [0.25, 0.3) is 11.5 Å². The molecule has 2 aromatic heterocycles. The third-order valence-electron chi connectivity index (χ3n) is 3.21.